The fourth-order valence-electron chi connectivity index (χ4n) is 4.56. The van der Waals surface area contributed by atoms with Crippen molar-refractivity contribution in [1.29, 1.82) is 0 Å². The molecule has 0 aliphatic carbocycles. The number of hydrogen-bond acceptors (Lipinski definition) is 5. The molecular weight excluding hydrogens is 508 g/mol. The number of para-hydroxylation sites is 1. The van der Waals surface area contributed by atoms with E-state index in [4.69, 9.17) is 16.3 Å². The first-order valence-corrected chi connectivity index (χ1v) is 14.7. The molecule has 3 aromatic carbocycles. The molecule has 1 heterocycles. The fourth-order valence-corrected chi connectivity index (χ4v) is 6.05. The molecule has 4 rings (SSSR count). The molecule has 0 aromatic heterocycles. The number of ether oxygens (including phenoxy) is 1. The first kappa shape index (κ1) is 29.1. The summed E-state index contributed by atoms with van der Waals surface area (Å²) < 4.78 is 34.1. The van der Waals surface area contributed by atoms with E-state index in [9.17, 15) is 13.5 Å². The van der Waals surface area contributed by atoms with Crippen LogP contribution in [0.3, 0.4) is 0 Å². The van der Waals surface area contributed by atoms with Crippen molar-refractivity contribution in [3.63, 3.8) is 0 Å². The Bertz CT molecular complexity index is 1250. The van der Waals surface area contributed by atoms with Gasteiger partial charge in [-0.1, -0.05) is 62.7 Å². The van der Waals surface area contributed by atoms with Gasteiger partial charge in [0.2, 0.25) is 10.0 Å². The molecule has 2 N–H and O–H groups in total. The van der Waals surface area contributed by atoms with Gasteiger partial charge in [-0.25, -0.2) is 13.1 Å². The summed E-state index contributed by atoms with van der Waals surface area (Å²) in [5.74, 6) is 1.56. The number of nitrogens with zero attached hydrogens (tertiary/aromatic N) is 1. The molecule has 1 fully saturated rings. The Morgan fingerprint density at radius 2 is 1.70 bits per heavy atom. The summed E-state index contributed by atoms with van der Waals surface area (Å²) in [7, 11) is -3.75. The molecular formula is C29H37ClN2O4S. The van der Waals surface area contributed by atoms with Crippen LogP contribution in [0, 0.1) is 0 Å². The molecule has 0 radical (unpaired) electrons. The Labute approximate surface area is 226 Å². The Kier molecular flexibility index (Phi) is 10.6. The van der Waals surface area contributed by atoms with Crippen LogP contribution in [0.2, 0.25) is 5.02 Å². The van der Waals surface area contributed by atoms with E-state index < -0.39 is 15.6 Å². The maximum absolute atomic E-state index is 12.8. The molecule has 1 unspecified atom stereocenters. The number of halogens is 1. The highest BCUT2D eigenvalue weighted by Gasteiger charge is 2.36. The molecule has 1 aliphatic rings. The summed E-state index contributed by atoms with van der Waals surface area (Å²) in [4.78, 5) is 2.37. The van der Waals surface area contributed by atoms with E-state index in [-0.39, 0.29) is 11.4 Å². The van der Waals surface area contributed by atoms with Crippen molar-refractivity contribution in [3.05, 3.63) is 88.9 Å². The van der Waals surface area contributed by atoms with Gasteiger partial charge in [0.25, 0.3) is 0 Å². The van der Waals surface area contributed by atoms with Crippen LogP contribution in [0.15, 0.2) is 77.7 Å². The first-order valence-electron chi connectivity index (χ1n) is 12.9. The maximum atomic E-state index is 12.8. The largest absolute Gasteiger partial charge is 0.457 e. The van der Waals surface area contributed by atoms with Crippen LogP contribution in [0.4, 0.5) is 0 Å². The zero-order valence-corrected chi connectivity index (χ0v) is 23.4. The molecule has 37 heavy (non-hydrogen) atoms. The minimum absolute atomic E-state index is 0.0884. The predicted octanol–water partition coefficient (Wildman–Crippen LogP) is 6.33. The van der Waals surface area contributed by atoms with Crippen LogP contribution in [-0.2, 0) is 22.2 Å². The number of benzene rings is 3. The van der Waals surface area contributed by atoms with E-state index in [1.165, 1.54) is 6.07 Å². The van der Waals surface area contributed by atoms with Gasteiger partial charge < -0.3 is 9.84 Å². The highest BCUT2D eigenvalue weighted by Crippen LogP contribution is 2.38. The average Bonchev–Trinajstić information content (AvgIpc) is 3.08. The summed E-state index contributed by atoms with van der Waals surface area (Å²) in [6.45, 7) is 8.12. The number of hydrogen-bond donors (Lipinski definition) is 2. The van der Waals surface area contributed by atoms with Gasteiger partial charge in [-0.15, -0.1) is 0 Å². The second-order valence-corrected chi connectivity index (χ2v) is 11.0. The summed E-state index contributed by atoms with van der Waals surface area (Å²) in [5.41, 5.74) is 0.198. The summed E-state index contributed by atoms with van der Waals surface area (Å²) in [5, 5.41) is 12.1. The molecule has 3 aromatic rings. The van der Waals surface area contributed by atoms with E-state index in [2.05, 4.69) is 15.7 Å². The van der Waals surface area contributed by atoms with E-state index in [1.807, 2.05) is 62.4 Å². The molecule has 0 amide bonds. The molecule has 1 aliphatic heterocycles. The quantitative estimate of drug-likeness (QED) is 0.346. The van der Waals surface area contributed by atoms with Crippen LogP contribution in [0.5, 0.6) is 11.5 Å². The van der Waals surface area contributed by atoms with Crippen molar-refractivity contribution in [2.45, 2.75) is 57.1 Å². The lowest BCUT2D eigenvalue weighted by Gasteiger charge is -2.30. The van der Waals surface area contributed by atoms with Gasteiger partial charge in [0.1, 0.15) is 11.5 Å². The van der Waals surface area contributed by atoms with Crippen LogP contribution in [0.1, 0.15) is 51.2 Å². The van der Waals surface area contributed by atoms with Crippen LogP contribution >= 0.6 is 11.6 Å². The first-order chi connectivity index (χ1) is 17.8. The number of nitrogens with one attached hydrogen (secondary N) is 1. The zero-order chi connectivity index (χ0) is 26.9. The molecule has 0 saturated carbocycles. The van der Waals surface area contributed by atoms with Gasteiger partial charge in [0, 0.05) is 30.2 Å². The number of aliphatic hydroxyl groups is 1. The molecule has 0 spiro atoms. The minimum Gasteiger partial charge on any atom is -0.457 e. The standard InChI is InChI=1S/C27H31ClN2O4S.C2H6/c1-2-29-35(32,33)26-13-12-22(28)19-25(26)27(31)14-7-16-30(17-15-27)20-21-8-6-11-24(18-21)34-23-9-4-3-5-10-23;1-2/h3-6,8-13,18-19,29,31H,2,7,14-17,20H2,1H3;1-2H3. The Morgan fingerprint density at radius 1 is 0.973 bits per heavy atom. The Morgan fingerprint density at radius 3 is 2.43 bits per heavy atom. The summed E-state index contributed by atoms with van der Waals surface area (Å²) >= 11 is 6.23. The van der Waals surface area contributed by atoms with E-state index in [1.54, 1.807) is 19.1 Å². The second-order valence-electron chi connectivity index (χ2n) is 8.87. The minimum atomic E-state index is -3.75. The number of likely N-dealkylation sites (tertiary alicyclic amines) is 1. The molecule has 1 atom stereocenters. The number of sulfonamides is 1. The Hall–Kier alpha value is -2.42. The van der Waals surface area contributed by atoms with Crippen LogP contribution < -0.4 is 9.46 Å². The van der Waals surface area contributed by atoms with Crippen molar-refractivity contribution >= 4 is 21.6 Å². The third-order valence-electron chi connectivity index (χ3n) is 6.26. The lowest BCUT2D eigenvalue weighted by molar-refractivity contribution is 0.0182. The smallest absolute Gasteiger partial charge is 0.240 e. The van der Waals surface area contributed by atoms with Crippen molar-refractivity contribution in [2.24, 2.45) is 0 Å². The molecule has 0 bridgehead atoms. The molecule has 8 heteroatoms. The third-order valence-corrected chi connectivity index (χ3v) is 8.10. The van der Waals surface area contributed by atoms with Crippen molar-refractivity contribution in [1.82, 2.24) is 9.62 Å². The van der Waals surface area contributed by atoms with Gasteiger partial charge >= 0.3 is 0 Å². The fraction of sp³-hybridized carbons (Fsp3) is 0.379. The average molecular weight is 545 g/mol. The highest BCUT2D eigenvalue weighted by molar-refractivity contribution is 7.89. The molecule has 200 valence electrons. The predicted molar refractivity (Wildman–Crippen MR) is 150 cm³/mol. The summed E-state index contributed by atoms with van der Waals surface area (Å²) in [6, 6.07) is 22.3. The topological polar surface area (TPSA) is 78.9 Å². The van der Waals surface area contributed by atoms with Crippen LogP contribution in [0.25, 0.3) is 0 Å². The zero-order valence-electron chi connectivity index (χ0n) is 21.8. The van der Waals surface area contributed by atoms with E-state index in [0.29, 0.717) is 36.5 Å². The van der Waals surface area contributed by atoms with Gasteiger partial charge in [-0.3, -0.25) is 4.90 Å². The van der Waals surface area contributed by atoms with Gasteiger partial charge in [-0.05, 0) is 73.8 Å². The maximum Gasteiger partial charge on any atom is 0.240 e. The van der Waals surface area contributed by atoms with Crippen molar-refractivity contribution in [2.75, 3.05) is 19.6 Å². The Balaban J connectivity index is 0.00000186. The normalized spacial score (nSPS) is 18.4. The van der Waals surface area contributed by atoms with E-state index >= 15 is 0 Å². The molecule has 6 nitrogen and oxygen atoms in total. The van der Waals surface area contributed by atoms with E-state index in [0.717, 1.165) is 30.0 Å². The summed E-state index contributed by atoms with van der Waals surface area (Å²) in [6.07, 6.45) is 1.59. The lowest BCUT2D eigenvalue weighted by Crippen LogP contribution is -2.32. The highest BCUT2D eigenvalue weighted by atomic mass is 35.5. The third kappa shape index (κ3) is 7.79. The lowest BCUT2D eigenvalue weighted by atomic mass is 9.87. The van der Waals surface area contributed by atoms with Gasteiger partial charge in [-0.2, -0.15) is 0 Å². The monoisotopic (exact) mass is 544 g/mol. The molecule has 1 saturated heterocycles. The van der Waals surface area contributed by atoms with Crippen molar-refractivity contribution in [3.8, 4) is 11.5 Å². The SMILES string of the molecule is CC.CCNS(=O)(=O)c1ccc(Cl)cc1C1(O)CCCN(Cc2cccc(Oc3ccccc3)c2)CC1. The van der Waals surface area contributed by atoms with Crippen LogP contribution in [-0.4, -0.2) is 38.1 Å². The second kappa shape index (κ2) is 13.4. The number of rotatable bonds is 8. The van der Waals surface area contributed by atoms with Gasteiger partial charge in [0.05, 0.1) is 10.5 Å². The van der Waals surface area contributed by atoms with Crippen molar-refractivity contribution < 1.29 is 18.3 Å². The van der Waals surface area contributed by atoms with Gasteiger partial charge in [0.15, 0.2) is 0 Å².